The fourth-order valence-corrected chi connectivity index (χ4v) is 4.23. The topological polar surface area (TPSA) is 49.4 Å². The van der Waals surface area contributed by atoms with Crippen LogP contribution in [0.15, 0.2) is 53.0 Å². The largest absolute Gasteiger partial charge is 0.349 e. The Balaban J connectivity index is 1.61. The number of hydrogen-bond donors (Lipinski definition) is 1. The molecule has 31 heavy (non-hydrogen) atoms. The molecule has 1 atom stereocenters. The van der Waals surface area contributed by atoms with E-state index in [1.165, 1.54) is 12.1 Å². The molecule has 1 fully saturated rings. The van der Waals surface area contributed by atoms with Crippen molar-refractivity contribution in [3.8, 4) is 0 Å². The third-order valence-electron chi connectivity index (χ3n) is 5.65. The van der Waals surface area contributed by atoms with Crippen LogP contribution in [0.4, 0.5) is 4.39 Å². The summed E-state index contributed by atoms with van der Waals surface area (Å²) in [5.74, 6) is -0.401. The standard InChI is InChI=1S/C25H30BrFN2O2/c1-25(2,3)16-22(17-6-10-21(27)11-7-17)28-23(30)18-12-14-29(15-13-18)24(31)19-4-8-20(26)9-5-19/h4-11,18,22H,12-16H2,1-3H3,(H,28,30). The second-order valence-electron chi connectivity index (χ2n) is 9.45. The highest BCUT2D eigenvalue weighted by atomic mass is 79.9. The minimum atomic E-state index is -0.285. The van der Waals surface area contributed by atoms with E-state index in [2.05, 4.69) is 42.0 Å². The molecule has 2 amide bonds. The highest BCUT2D eigenvalue weighted by Gasteiger charge is 2.30. The Hall–Kier alpha value is -2.21. The van der Waals surface area contributed by atoms with Gasteiger partial charge in [0.1, 0.15) is 5.82 Å². The van der Waals surface area contributed by atoms with E-state index in [1.807, 2.05) is 29.2 Å². The Bertz CT molecular complexity index is 899. The van der Waals surface area contributed by atoms with E-state index in [1.54, 1.807) is 12.1 Å². The molecule has 0 saturated carbocycles. The maximum absolute atomic E-state index is 13.4. The number of benzene rings is 2. The van der Waals surface area contributed by atoms with Gasteiger partial charge in [-0.3, -0.25) is 9.59 Å². The lowest BCUT2D eigenvalue weighted by atomic mass is 9.85. The number of carbonyl (C=O) groups is 2. The number of hydrogen-bond acceptors (Lipinski definition) is 2. The van der Waals surface area contributed by atoms with Crippen molar-refractivity contribution in [1.82, 2.24) is 10.2 Å². The SMILES string of the molecule is CC(C)(C)CC(NC(=O)C1CCN(C(=O)c2ccc(Br)cc2)CC1)c1ccc(F)cc1. The van der Waals surface area contributed by atoms with E-state index in [4.69, 9.17) is 0 Å². The molecule has 1 aliphatic heterocycles. The maximum atomic E-state index is 13.4. The lowest BCUT2D eigenvalue weighted by Crippen LogP contribution is -2.44. The molecule has 1 N–H and O–H groups in total. The molecule has 0 bridgehead atoms. The van der Waals surface area contributed by atoms with Crippen molar-refractivity contribution in [3.05, 3.63) is 69.9 Å². The predicted molar refractivity (Wildman–Crippen MR) is 124 cm³/mol. The molecule has 1 heterocycles. The summed E-state index contributed by atoms with van der Waals surface area (Å²) in [7, 11) is 0. The van der Waals surface area contributed by atoms with Gasteiger partial charge in [0.05, 0.1) is 6.04 Å². The molecule has 2 aromatic carbocycles. The quantitative estimate of drug-likeness (QED) is 0.583. The minimum Gasteiger partial charge on any atom is -0.349 e. The lowest BCUT2D eigenvalue weighted by molar-refractivity contribution is -0.127. The number of nitrogens with zero attached hydrogens (tertiary/aromatic N) is 1. The van der Waals surface area contributed by atoms with Gasteiger partial charge in [-0.2, -0.15) is 0 Å². The van der Waals surface area contributed by atoms with Crippen LogP contribution < -0.4 is 5.32 Å². The Morgan fingerprint density at radius 2 is 1.65 bits per heavy atom. The molecule has 0 aliphatic carbocycles. The van der Waals surface area contributed by atoms with E-state index < -0.39 is 0 Å². The van der Waals surface area contributed by atoms with Gasteiger partial charge in [-0.15, -0.1) is 0 Å². The van der Waals surface area contributed by atoms with Crippen LogP contribution >= 0.6 is 15.9 Å². The van der Waals surface area contributed by atoms with Crippen molar-refractivity contribution in [2.45, 2.75) is 46.1 Å². The van der Waals surface area contributed by atoms with Gasteiger partial charge in [-0.05, 0) is 66.6 Å². The van der Waals surface area contributed by atoms with Crippen LogP contribution in [0.3, 0.4) is 0 Å². The first-order valence-corrected chi connectivity index (χ1v) is 11.5. The average molecular weight is 489 g/mol. The smallest absolute Gasteiger partial charge is 0.253 e. The molecule has 1 saturated heterocycles. The summed E-state index contributed by atoms with van der Waals surface area (Å²) < 4.78 is 14.3. The summed E-state index contributed by atoms with van der Waals surface area (Å²) in [6.07, 6.45) is 2.03. The zero-order valence-electron chi connectivity index (χ0n) is 18.3. The highest BCUT2D eigenvalue weighted by Crippen LogP contribution is 2.30. The summed E-state index contributed by atoms with van der Waals surface area (Å²) in [4.78, 5) is 27.6. The number of piperidine rings is 1. The molecule has 1 unspecified atom stereocenters. The van der Waals surface area contributed by atoms with Gasteiger partial charge in [0.25, 0.3) is 5.91 Å². The van der Waals surface area contributed by atoms with Gasteiger partial charge in [0, 0.05) is 29.0 Å². The van der Waals surface area contributed by atoms with E-state index in [0.29, 0.717) is 31.5 Å². The minimum absolute atomic E-state index is 0.00304. The van der Waals surface area contributed by atoms with E-state index in [-0.39, 0.29) is 35.0 Å². The van der Waals surface area contributed by atoms with Crippen LogP contribution in [0.1, 0.15) is 62.0 Å². The van der Waals surface area contributed by atoms with Crippen LogP contribution in [0.25, 0.3) is 0 Å². The average Bonchev–Trinajstić information content (AvgIpc) is 2.73. The van der Waals surface area contributed by atoms with Crippen molar-refractivity contribution >= 4 is 27.7 Å². The van der Waals surface area contributed by atoms with E-state index >= 15 is 0 Å². The number of likely N-dealkylation sites (tertiary alicyclic amines) is 1. The predicted octanol–water partition coefficient (Wildman–Crippen LogP) is 5.73. The number of amides is 2. The maximum Gasteiger partial charge on any atom is 0.253 e. The third-order valence-corrected chi connectivity index (χ3v) is 6.18. The molecular weight excluding hydrogens is 459 g/mol. The molecule has 1 aliphatic rings. The first-order valence-electron chi connectivity index (χ1n) is 10.7. The second kappa shape index (κ2) is 9.94. The van der Waals surface area contributed by atoms with Crippen molar-refractivity contribution in [2.75, 3.05) is 13.1 Å². The number of carbonyl (C=O) groups excluding carboxylic acids is 2. The molecule has 4 nitrogen and oxygen atoms in total. The van der Waals surface area contributed by atoms with Gasteiger partial charge < -0.3 is 10.2 Å². The van der Waals surface area contributed by atoms with Gasteiger partial charge in [0.15, 0.2) is 0 Å². The number of nitrogens with one attached hydrogen (secondary N) is 1. The number of halogens is 2. The van der Waals surface area contributed by atoms with Gasteiger partial charge in [-0.25, -0.2) is 4.39 Å². The van der Waals surface area contributed by atoms with Gasteiger partial charge >= 0.3 is 0 Å². The monoisotopic (exact) mass is 488 g/mol. The molecule has 0 aromatic heterocycles. The zero-order valence-corrected chi connectivity index (χ0v) is 19.9. The van der Waals surface area contributed by atoms with Crippen molar-refractivity contribution in [2.24, 2.45) is 11.3 Å². The molecular formula is C25H30BrFN2O2. The number of rotatable bonds is 5. The summed E-state index contributed by atoms with van der Waals surface area (Å²) in [6, 6.07) is 13.5. The second-order valence-corrected chi connectivity index (χ2v) is 10.4. The Morgan fingerprint density at radius 1 is 1.06 bits per heavy atom. The molecule has 6 heteroatoms. The fourth-order valence-electron chi connectivity index (χ4n) is 3.97. The first-order chi connectivity index (χ1) is 14.6. The van der Waals surface area contributed by atoms with Crippen LogP contribution in [0, 0.1) is 17.2 Å². The Labute approximate surface area is 192 Å². The Morgan fingerprint density at radius 3 is 2.19 bits per heavy atom. The van der Waals surface area contributed by atoms with Gasteiger partial charge in [-0.1, -0.05) is 48.8 Å². The first kappa shape index (κ1) is 23.5. The Kier molecular flexibility index (Phi) is 7.52. The zero-order chi connectivity index (χ0) is 22.6. The summed E-state index contributed by atoms with van der Waals surface area (Å²) in [5.41, 5.74) is 1.58. The van der Waals surface area contributed by atoms with Crippen LogP contribution in [0.5, 0.6) is 0 Å². The summed E-state index contributed by atoms with van der Waals surface area (Å²) in [6.45, 7) is 7.51. The van der Waals surface area contributed by atoms with Crippen molar-refractivity contribution < 1.29 is 14.0 Å². The summed E-state index contributed by atoms with van der Waals surface area (Å²) >= 11 is 3.38. The third kappa shape index (κ3) is 6.63. The van der Waals surface area contributed by atoms with Crippen LogP contribution in [0.2, 0.25) is 0 Å². The van der Waals surface area contributed by atoms with Crippen molar-refractivity contribution in [1.29, 1.82) is 0 Å². The van der Waals surface area contributed by atoms with Crippen LogP contribution in [-0.2, 0) is 4.79 Å². The molecule has 166 valence electrons. The molecule has 0 radical (unpaired) electrons. The van der Waals surface area contributed by atoms with Gasteiger partial charge in [0.2, 0.25) is 5.91 Å². The summed E-state index contributed by atoms with van der Waals surface area (Å²) in [5, 5.41) is 3.19. The van der Waals surface area contributed by atoms with E-state index in [9.17, 15) is 14.0 Å². The molecule has 3 rings (SSSR count). The van der Waals surface area contributed by atoms with Crippen molar-refractivity contribution in [3.63, 3.8) is 0 Å². The lowest BCUT2D eigenvalue weighted by Gasteiger charge is -2.33. The highest BCUT2D eigenvalue weighted by molar-refractivity contribution is 9.10. The van der Waals surface area contributed by atoms with Crippen LogP contribution in [-0.4, -0.2) is 29.8 Å². The molecule has 0 spiro atoms. The normalized spacial score (nSPS) is 16.1. The molecule has 2 aromatic rings. The fraction of sp³-hybridized carbons (Fsp3) is 0.440. The van der Waals surface area contributed by atoms with E-state index in [0.717, 1.165) is 16.5 Å².